The van der Waals surface area contributed by atoms with Crippen molar-refractivity contribution in [2.24, 2.45) is 0 Å². The molecule has 0 spiro atoms. The molecule has 1 atom stereocenters. The Kier molecular flexibility index (Phi) is 9.28. The number of rotatable bonds is 11. The predicted octanol–water partition coefficient (Wildman–Crippen LogP) is 5.22. The third-order valence-corrected chi connectivity index (χ3v) is 4.28. The molecule has 0 saturated heterocycles. The fraction of sp³-hybridized carbons (Fsp3) is 0.524. The van der Waals surface area contributed by atoms with Gasteiger partial charge in [0.15, 0.2) is 0 Å². The molecule has 1 rings (SSSR count). The van der Waals surface area contributed by atoms with Gasteiger partial charge < -0.3 is 14.6 Å². The van der Waals surface area contributed by atoms with E-state index in [1.54, 1.807) is 0 Å². The SMILES string of the molecule is C=C(/C(C)=C/N(C)CC)c1cc(CCC(C)OCCF)c(C=CC)[nH]1. The lowest BCUT2D eigenvalue weighted by Gasteiger charge is -2.13. The molecule has 140 valence electrons. The van der Waals surface area contributed by atoms with Gasteiger partial charge in [-0.25, -0.2) is 4.39 Å². The zero-order valence-electron chi connectivity index (χ0n) is 16.4. The van der Waals surface area contributed by atoms with Gasteiger partial charge in [-0.3, -0.25) is 0 Å². The molecule has 0 aromatic carbocycles. The Bertz CT molecular complexity index is 601. The Balaban J connectivity index is 2.90. The molecular weight excluding hydrogens is 315 g/mol. The second-order valence-corrected chi connectivity index (χ2v) is 6.39. The summed E-state index contributed by atoms with van der Waals surface area (Å²) in [5.74, 6) is 0. The summed E-state index contributed by atoms with van der Waals surface area (Å²) in [5.41, 5.74) is 5.52. The highest BCUT2D eigenvalue weighted by molar-refractivity contribution is 5.76. The summed E-state index contributed by atoms with van der Waals surface area (Å²) in [6.07, 6.45) is 8.02. The standard InChI is InChI=1S/C21H33FN2O/c1-7-9-20-19(11-10-17(4)25-13-12-22)14-21(23-20)18(5)16(3)15-24(6)8-2/h7,9,14-15,17,23H,5,8,10-13H2,1-4,6H3/b9-7?,16-15+. The molecule has 0 amide bonds. The lowest BCUT2D eigenvalue weighted by atomic mass is 10.0. The number of alkyl halides is 1. The number of halogens is 1. The summed E-state index contributed by atoms with van der Waals surface area (Å²) in [5, 5.41) is 0. The van der Waals surface area contributed by atoms with Crippen LogP contribution in [0.5, 0.6) is 0 Å². The van der Waals surface area contributed by atoms with Crippen molar-refractivity contribution in [3.63, 3.8) is 0 Å². The Morgan fingerprint density at radius 1 is 1.48 bits per heavy atom. The van der Waals surface area contributed by atoms with E-state index in [1.807, 2.05) is 19.9 Å². The number of allylic oxidation sites excluding steroid dienone is 3. The molecule has 1 aromatic heterocycles. The van der Waals surface area contributed by atoms with Crippen molar-refractivity contribution in [3.05, 3.63) is 47.4 Å². The number of aryl methyl sites for hydroxylation is 1. The smallest absolute Gasteiger partial charge is 0.113 e. The first-order chi connectivity index (χ1) is 11.9. The molecule has 1 heterocycles. The molecule has 0 fully saturated rings. The van der Waals surface area contributed by atoms with Crippen LogP contribution < -0.4 is 0 Å². The average molecular weight is 349 g/mol. The van der Waals surface area contributed by atoms with Crippen LogP contribution in [-0.4, -0.2) is 42.9 Å². The van der Waals surface area contributed by atoms with Crippen molar-refractivity contribution in [1.29, 1.82) is 0 Å². The maximum absolute atomic E-state index is 12.2. The van der Waals surface area contributed by atoms with Gasteiger partial charge in [-0.2, -0.15) is 0 Å². The van der Waals surface area contributed by atoms with E-state index >= 15 is 0 Å². The molecule has 1 N–H and O–H groups in total. The molecular formula is C21H33FN2O. The van der Waals surface area contributed by atoms with Gasteiger partial charge in [0.2, 0.25) is 0 Å². The highest BCUT2D eigenvalue weighted by Gasteiger charge is 2.12. The molecule has 3 nitrogen and oxygen atoms in total. The molecule has 25 heavy (non-hydrogen) atoms. The van der Waals surface area contributed by atoms with Crippen LogP contribution in [0.3, 0.4) is 0 Å². The number of nitrogens with one attached hydrogen (secondary N) is 1. The number of nitrogens with zero attached hydrogens (tertiary/aromatic N) is 1. The average Bonchev–Trinajstić information content (AvgIpc) is 3.00. The van der Waals surface area contributed by atoms with Crippen LogP contribution in [0.4, 0.5) is 4.39 Å². The van der Waals surface area contributed by atoms with Crippen molar-refractivity contribution in [3.8, 4) is 0 Å². The molecule has 1 aromatic rings. The van der Waals surface area contributed by atoms with Crippen molar-refractivity contribution in [1.82, 2.24) is 9.88 Å². The molecule has 0 aliphatic heterocycles. The van der Waals surface area contributed by atoms with Gasteiger partial charge in [0.25, 0.3) is 0 Å². The predicted molar refractivity (Wildman–Crippen MR) is 106 cm³/mol. The Morgan fingerprint density at radius 2 is 2.20 bits per heavy atom. The van der Waals surface area contributed by atoms with Crippen LogP contribution in [0.1, 0.15) is 51.1 Å². The van der Waals surface area contributed by atoms with E-state index in [0.717, 1.165) is 41.9 Å². The van der Waals surface area contributed by atoms with Crippen molar-refractivity contribution >= 4 is 11.6 Å². The highest BCUT2D eigenvalue weighted by Crippen LogP contribution is 2.25. The van der Waals surface area contributed by atoms with Crippen LogP contribution in [0.2, 0.25) is 0 Å². The summed E-state index contributed by atoms with van der Waals surface area (Å²) in [6, 6.07) is 2.17. The summed E-state index contributed by atoms with van der Waals surface area (Å²) in [7, 11) is 2.06. The molecule has 4 heteroatoms. The number of aromatic nitrogens is 1. The molecule has 0 aliphatic rings. The normalized spacial score (nSPS) is 13.4. The van der Waals surface area contributed by atoms with Crippen LogP contribution in [0.25, 0.3) is 11.6 Å². The summed E-state index contributed by atoms with van der Waals surface area (Å²) in [4.78, 5) is 5.62. The monoisotopic (exact) mass is 348 g/mol. The zero-order chi connectivity index (χ0) is 18.8. The lowest BCUT2D eigenvalue weighted by Crippen LogP contribution is -2.11. The minimum Gasteiger partial charge on any atom is -0.380 e. The second kappa shape index (κ2) is 10.9. The van der Waals surface area contributed by atoms with Crippen LogP contribution >= 0.6 is 0 Å². The zero-order valence-corrected chi connectivity index (χ0v) is 16.4. The van der Waals surface area contributed by atoms with E-state index in [9.17, 15) is 4.39 Å². The topological polar surface area (TPSA) is 28.3 Å². The van der Waals surface area contributed by atoms with E-state index in [0.29, 0.717) is 0 Å². The fourth-order valence-electron chi connectivity index (χ4n) is 2.60. The van der Waals surface area contributed by atoms with Crippen molar-refractivity contribution in [2.45, 2.75) is 46.6 Å². The van der Waals surface area contributed by atoms with Gasteiger partial charge in [0, 0.05) is 31.2 Å². The largest absolute Gasteiger partial charge is 0.380 e. The minimum absolute atomic E-state index is 0.0515. The van der Waals surface area contributed by atoms with Gasteiger partial charge >= 0.3 is 0 Å². The van der Waals surface area contributed by atoms with Gasteiger partial charge in [0.05, 0.1) is 12.7 Å². The molecule has 1 unspecified atom stereocenters. The maximum atomic E-state index is 12.2. The van der Waals surface area contributed by atoms with Crippen molar-refractivity contribution in [2.75, 3.05) is 26.9 Å². The van der Waals surface area contributed by atoms with Crippen LogP contribution in [-0.2, 0) is 11.2 Å². The molecule has 0 bridgehead atoms. The quantitative estimate of drug-likeness (QED) is 0.555. The summed E-state index contributed by atoms with van der Waals surface area (Å²) in [6.45, 7) is 13.1. The van der Waals surface area contributed by atoms with Gasteiger partial charge in [-0.05, 0) is 69.4 Å². The number of hydrogen-bond donors (Lipinski definition) is 1. The Hall–Kier alpha value is -1.81. The number of aromatic amines is 1. The Labute approximate surface area is 152 Å². The molecule has 0 radical (unpaired) electrons. The lowest BCUT2D eigenvalue weighted by molar-refractivity contribution is 0.0512. The first-order valence-corrected chi connectivity index (χ1v) is 9.03. The van der Waals surface area contributed by atoms with E-state index < -0.39 is 6.67 Å². The van der Waals surface area contributed by atoms with E-state index in [1.165, 1.54) is 5.56 Å². The first kappa shape index (κ1) is 21.2. The van der Waals surface area contributed by atoms with E-state index in [4.69, 9.17) is 4.74 Å². The van der Waals surface area contributed by atoms with Gasteiger partial charge in [0.1, 0.15) is 6.67 Å². The maximum Gasteiger partial charge on any atom is 0.113 e. The van der Waals surface area contributed by atoms with Gasteiger partial charge in [-0.15, -0.1) is 0 Å². The minimum atomic E-state index is -0.430. The summed E-state index contributed by atoms with van der Waals surface area (Å²) >= 11 is 0. The van der Waals surface area contributed by atoms with Gasteiger partial charge in [-0.1, -0.05) is 12.7 Å². The van der Waals surface area contributed by atoms with E-state index in [2.05, 4.69) is 55.7 Å². The highest BCUT2D eigenvalue weighted by atomic mass is 19.1. The second-order valence-electron chi connectivity index (χ2n) is 6.39. The third kappa shape index (κ3) is 6.91. The van der Waals surface area contributed by atoms with E-state index in [-0.39, 0.29) is 12.7 Å². The van der Waals surface area contributed by atoms with Crippen LogP contribution in [0, 0.1) is 0 Å². The third-order valence-electron chi connectivity index (χ3n) is 4.28. The molecule has 0 saturated carbocycles. The number of ether oxygens (including phenoxy) is 1. The number of hydrogen-bond acceptors (Lipinski definition) is 2. The number of H-pyrrole nitrogens is 1. The Morgan fingerprint density at radius 3 is 2.80 bits per heavy atom. The first-order valence-electron chi connectivity index (χ1n) is 9.03. The summed E-state index contributed by atoms with van der Waals surface area (Å²) < 4.78 is 17.6. The van der Waals surface area contributed by atoms with Crippen molar-refractivity contribution < 1.29 is 9.13 Å². The fourth-order valence-corrected chi connectivity index (χ4v) is 2.60. The van der Waals surface area contributed by atoms with Crippen LogP contribution in [0.15, 0.2) is 30.5 Å². The molecule has 0 aliphatic carbocycles.